The fourth-order valence-corrected chi connectivity index (χ4v) is 4.05. The van der Waals surface area contributed by atoms with E-state index in [-0.39, 0.29) is 28.5 Å². The molecule has 1 amide bonds. The summed E-state index contributed by atoms with van der Waals surface area (Å²) in [6.07, 6.45) is -4.52. The quantitative estimate of drug-likeness (QED) is 0.747. The number of aryl methyl sites for hydroxylation is 2. The lowest BCUT2D eigenvalue weighted by atomic mass is 10.0. The number of alkyl halides is 3. The Kier molecular flexibility index (Phi) is 5.13. The third kappa shape index (κ3) is 3.71. The van der Waals surface area contributed by atoms with Gasteiger partial charge in [-0.1, -0.05) is 0 Å². The van der Waals surface area contributed by atoms with Crippen LogP contribution in [0.3, 0.4) is 0 Å². The van der Waals surface area contributed by atoms with Gasteiger partial charge in [-0.3, -0.25) is 9.48 Å². The van der Waals surface area contributed by atoms with E-state index in [4.69, 9.17) is 14.2 Å². The van der Waals surface area contributed by atoms with E-state index in [9.17, 15) is 18.0 Å². The first-order chi connectivity index (χ1) is 14.1. The molecular formula is C19H23F3N4O4. The highest BCUT2D eigenvalue weighted by Gasteiger charge is 2.42. The zero-order valence-corrected chi connectivity index (χ0v) is 17.0. The number of aromatic nitrogens is 3. The monoisotopic (exact) mass is 428 g/mol. The molecule has 1 atom stereocenters. The number of likely N-dealkylation sites (tertiary alicyclic amines) is 1. The maximum absolute atomic E-state index is 13.6. The van der Waals surface area contributed by atoms with E-state index in [1.54, 1.807) is 4.90 Å². The summed E-state index contributed by atoms with van der Waals surface area (Å²) in [6.45, 7) is 4.92. The summed E-state index contributed by atoms with van der Waals surface area (Å²) >= 11 is 0. The summed E-state index contributed by atoms with van der Waals surface area (Å²) in [6, 6.07) is 0.826. The van der Waals surface area contributed by atoms with Gasteiger partial charge in [0.2, 0.25) is 5.88 Å². The van der Waals surface area contributed by atoms with Crippen molar-refractivity contribution in [1.29, 1.82) is 0 Å². The Hall–Kier alpha value is -2.40. The molecular weight excluding hydrogens is 405 g/mol. The van der Waals surface area contributed by atoms with Crippen molar-refractivity contribution in [2.75, 3.05) is 26.3 Å². The number of carbonyl (C=O) groups excluding carboxylic acids is 1. The number of fused-ring (bicyclic) bond motifs is 1. The van der Waals surface area contributed by atoms with Crippen molar-refractivity contribution in [1.82, 2.24) is 19.7 Å². The molecule has 0 saturated carbocycles. The third-order valence-corrected chi connectivity index (χ3v) is 5.55. The molecule has 2 aliphatic rings. The fourth-order valence-electron chi connectivity index (χ4n) is 4.05. The Morgan fingerprint density at radius 3 is 2.50 bits per heavy atom. The predicted octanol–water partition coefficient (Wildman–Crippen LogP) is 2.43. The molecule has 2 fully saturated rings. The molecule has 0 unspecified atom stereocenters. The average molecular weight is 428 g/mol. The lowest BCUT2D eigenvalue weighted by Crippen LogP contribution is -2.50. The molecule has 8 nitrogen and oxygen atoms in total. The van der Waals surface area contributed by atoms with E-state index < -0.39 is 23.6 Å². The van der Waals surface area contributed by atoms with Crippen LogP contribution in [0.4, 0.5) is 13.2 Å². The number of pyridine rings is 1. The Balaban J connectivity index is 1.52. The highest BCUT2D eigenvalue weighted by atomic mass is 19.4. The number of nitrogens with zero attached hydrogens (tertiary/aromatic N) is 4. The van der Waals surface area contributed by atoms with Gasteiger partial charge in [0.25, 0.3) is 5.91 Å². The second kappa shape index (κ2) is 7.38. The minimum absolute atomic E-state index is 0.0485. The van der Waals surface area contributed by atoms with Gasteiger partial charge < -0.3 is 19.1 Å². The van der Waals surface area contributed by atoms with Crippen molar-refractivity contribution in [2.24, 2.45) is 7.05 Å². The van der Waals surface area contributed by atoms with Crippen molar-refractivity contribution >= 4 is 16.9 Å². The first-order valence-corrected chi connectivity index (χ1v) is 9.74. The van der Waals surface area contributed by atoms with Gasteiger partial charge in [0.1, 0.15) is 0 Å². The number of hydrogen-bond acceptors (Lipinski definition) is 6. The second-order valence-electron chi connectivity index (χ2n) is 7.61. The van der Waals surface area contributed by atoms with Gasteiger partial charge in [0, 0.05) is 39.0 Å². The number of carbonyl (C=O) groups is 1. The maximum Gasteiger partial charge on any atom is 0.417 e. The number of hydrogen-bond donors (Lipinski definition) is 0. The average Bonchev–Trinajstić information content (AvgIpc) is 3.25. The Morgan fingerprint density at radius 1 is 1.27 bits per heavy atom. The van der Waals surface area contributed by atoms with Gasteiger partial charge in [-0.2, -0.15) is 23.3 Å². The lowest BCUT2D eigenvalue weighted by Gasteiger charge is -2.38. The van der Waals surface area contributed by atoms with Crippen molar-refractivity contribution in [3.8, 4) is 5.88 Å². The molecule has 2 aromatic heterocycles. The van der Waals surface area contributed by atoms with E-state index in [0.29, 0.717) is 39.1 Å². The predicted molar refractivity (Wildman–Crippen MR) is 98.8 cm³/mol. The molecule has 4 rings (SSSR count). The molecule has 1 spiro atoms. The fraction of sp³-hybridized carbons (Fsp3) is 0.632. The summed E-state index contributed by atoms with van der Waals surface area (Å²) in [5.74, 6) is -1.21. The molecule has 0 bridgehead atoms. The second-order valence-corrected chi connectivity index (χ2v) is 7.61. The summed E-state index contributed by atoms with van der Waals surface area (Å²) in [4.78, 5) is 18.5. The van der Waals surface area contributed by atoms with E-state index >= 15 is 0 Å². The van der Waals surface area contributed by atoms with Crippen LogP contribution in [0.15, 0.2) is 6.07 Å². The first-order valence-electron chi connectivity index (χ1n) is 9.74. The molecule has 2 saturated heterocycles. The summed E-state index contributed by atoms with van der Waals surface area (Å²) in [5.41, 5.74) is -0.614. The minimum atomic E-state index is -4.61. The molecule has 2 aromatic rings. The molecule has 0 aromatic carbocycles. The largest absolute Gasteiger partial charge is 0.464 e. The highest BCUT2D eigenvalue weighted by Crippen LogP contribution is 2.38. The van der Waals surface area contributed by atoms with E-state index in [1.807, 2.05) is 0 Å². The topological polar surface area (TPSA) is 78.7 Å². The standard InChI is InChI=1S/C19H23F3N4O4/c1-11-15-13(19(20,21)22)10-14(23-16(15)25(3)24-11)30-12(2)17(27)26-6-4-18(5-7-26)28-8-9-29-18/h10,12H,4-9H2,1-3H3/t12-/m1/s1. The normalized spacial score (nSPS) is 20.1. The third-order valence-electron chi connectivity index (χ3n) is 5.55. The van der Waals surface area contributed by atoms with Gasteiger partial charge in [-0.15, -0.1) is 0 Å². The van der Waals surface area contributed by atoms with Crippen molar-refractivity contribution < 1.29 is 32.2 Å². The molecule has 0 aliphatic carbocycles. The highest BCUT2D eigenvalue weighted by molar-refractivity contribution is 5.84. The van der Waals surface area contributed by atoms with Crippen LogP contribution in [-0.4, -0.2) is 63.8 Å². The number of rotatable bonds is 3. The Morgan fingerprint density at radius 2 is 1.90 bits per heavy atom. The smallest absolute Gasteiger partial charge is 0.417 e. The summed E-state index contributed by atoms with van der Waals surface area (Å²) in [7, 11) is 1.51. The number of ether oxygens (including phenoxy) is 3. The van der Waals surface area contributed by atoms with E-state index in [2.05, 4.69) is 10.1 Å². The zero-order valence-electron chi connectivity index (χ0n) is 17.0. The summed E-state index contributed by atoms with van der Waals surface area (Å²) in [5, 5.41) is 3.95. The lowest BCUT2D eigenvalue weighted by molar-refractivity contribution is -0.188. The number of piperidine rings is 1. The van der Waals surface area contributed by atoms with E-state index in [0.717, 1.165) is 6.07 Å². The zero-order chi connectivity index (χ0) is 21.7. The van der Waals surface area contributed by atoms with Gasteiger partial charge in [0.05, 0.1) is 29.9 Å². The molecule has 0 N–H and O–H groups in total. The van der Waals surface area contributed by atoms with Crippen LogP contribution >= 0.6 is 0 Å². The SMILES string of the molecule is Cc1nn(C)c2nc(O[C@H](C)C(=O)N3CCC4(CC3)OCCO4)cc(C(F)(F)F)c12. The van der Waals surface area contributed by atoms with Crippen molar-refractivity contribution in [3.63, 3.8) is 0 Å². The molecule has 2 aliphatic heterocycles. The van der Waals surface area contributed by atoms with Crippen LogP contribution in [-0.2, 0) is 27.5 Å². The van der Waals surface area contributed by atoms with Crippen LogP contribution < -0.4 is 4.74 Å². The Bertz CT molecular complexity index is 959. The number of halogens is 3. The van der Waals surface area contributed by atoms with Gasteiger partial charge >= 0.3 is 6.18 Å². The van der Waals surface area contributed by atoms with Crippen LogP contribution in [0.5, 0.6) is 5.88 Å². The maximum atomic E-state index is 13.6. The van der Waals surface area contributed by atoms with Crippen LogP contribution in [0.2, 0.25) is 0 Å². The minimum Gasteiger partial charge on any atom is -0.464 e. The molecule has 0 radical (unpaired) electrons. The molecule has 4 heterocycles. The molecule has 30 heavy (non-hydrogen) atoms. The summed E-state index contributed by atoms with van der Waals surface area (Å²) < 4.78 is 58.9. The van der Waals surface area contributed by atoms with Crippen LogP contribution in [0.25, 0.3) is 11.0 Å². The van der Waals surface area contributed by atoms with Crippen molar-refractivity contribution in [2.45, 2.75) is 44.8 Å². The van der Waals surface area contributed by atoms with Crippen molar-refractivity contribution in [3.05, 3.63) is 17.3 Å². The van der Waals surface area contributed by atoms with Crippen LogP contribution in [0, 0.1) is 6.92 Å². The molecule has 164 valence electrons. The number of amides is 1. The van der Waals surface area contributed by atoms with Gasteiger partial charge in [-0.25, -0.2) is 0 Å². The Labute approximate surface area is 170 Å². The van der Waals surface area contributed by atoms with Gasteiger partial charge in [0.15, 0.2) is 17.5 Å². The van der Waals surface area contributed by atoms with E-state index in [1.165, 1.54) is 25.6 Å². The first kappa shape index (κ1) is 20.9. The van der Waals surface area contributed by atoms with Crippen LogP contribution in [0.1, 0.15) is 31.0 Å². The molecule has 11 heteroatoms. The van der Waals surface area contributed by atoms with Gasteiger partial charge in [-0.05, 0) is 13.8 Å².